The molecule has 0 saturated carbocycles. The van der Waals surface area contributed by atoms with Gasteiger partial charge in [0.1, 0.15) is 0 Å². The lowest BCUT2D eigenvalue weighted by Gasteiger charge is -1.98. The summed E-state index contributed by atoms with van der Waals surface area (Å²) in [6.45, 7) is 0. The molecule has 0 rings (SSSR count). The van der Waals surface area contributed by atoms with Crippen molar-refractivity contribution in [2.75, 3.05) is 0 Å². The highest BCUT2D eigenvalue weighted by Gasteiger charge is 2.06. The van der Waals surface area contributed by atoms with Gasteiger partial charge in [0.05, 0.1) is 0 Å². The lowest BCUT2D eigenvalue weighted by atomic mass is 10.4. The first kappa shape index (κ1) is 6.45. The summed E-state index contributed by atoms with van der Waals surface area (Å²) in [4.78, 5) is 9.62. The molecule has 1 unspecified atom stereocenters. The Morgan fingerprint density at radius 2 is 2.29 bits per heavy atom. The zero-order valence-corrected chi connectivity index (χ0v) is 3.88. The number of rotatable bonds is 2. The van der Waals surface area contributed by atoms with Crippen molar-refractivity contribution in [2.45, 2.75) is 6.23 Å². The molecule has 0 aliphatic carbocycles. The molecule has 0 fully saturated rings. The molecule has 7 heavy (non-hydrogen) atoms. The van der Waals surface area contributed by atoms with E-state index in [1.165, 1.54) is 7.98 Å². The molecule has 0 aliphatic heterocycles. The molecule has 0 bridgehead atoms. The second kappa shape index (κ2) is 2.60. The number of hydrogen-bond acceptors (Lipinski definition) is 3. The van der Waals surface area contributed by atoms with E-state index in [-0.39, 0.29) is 0 Å². The van der Waals surface area contributed by atoms with Crippen LogP contribution in [-0.4, -0.2) is 30.4 Å². The standard InChI is InChI=1S/C2H6BNO3/c3-4-1(5)2(6)7/h1,4-5H,3H2,(H,6,7). The van der Waals surface area contributed by atoms with Gasteiger partial charge in [0.15, 0.2) is 14.2 Å². The number of aliphatic hydroxyl groups excluding tert-OH is 1. The maximum absolute atomic E-state index is 9.62. The predicted octanol–water partition coefficient (Wildman–Crippen LogP) is -2.47. The molecule has 0 spiro atoms. The molecular formula is C2H6BNO3. The van der Waals surface area contributed by atoms with E-state index in [4.69, 9.17) is 10.2 Å². The number of aliphatic hydroxyl groups is 1. The summed E-state index contributed by atoms with van der Waals surface area (Å²) in [6.07, 6.45) is -1.43. The largest absolute Gasteiger partial charge is 0.478 e. The molecule has 1 atom stereocenters. The number of carboxylic acids is 1. The van der Waals surface area contributed by atoms with Gasteiger partial charge in [-0.05, 0) is 0 Å². The molecule has 0 amide bonds. The average molecular weight is 103 g/mol. The summed E-state index contributed by atoms with van der Waals surface area (Å²) in [5, 5.41) is 18.2. The summed E-state index contributed by atoms with van der Waals surface area (Å²) in [7, 11) is 1.36. The molecule has 0 aliphatic rings. The Kier molecular flexibility index (Phi) is 2.40. The Hall–Kier alpha value is -0.545. The maximum atomic E-state index is 9.62. The van der Waals surface area contributed by atoms with Crippen LogP contribution in [-0.2, 0) is 4.79 Å². The van der Waals surface area contributed by atoms with Gasteiger partial charge in [-0.2, -0.15) is 0 Å². The smallest absolute Gasteiger partial charge is 0.346 e. The summed E-state index contributed by atoms with van der Waals surface area (Å²) < 4.78 is 0. The Morgan fingerprint density at radius 3 is 2.29 bits per heavy atom. The first-order chi connectivity index (χ1) is 3.18. The third-order valence-corrected chi connectivity index (χ3v) is 0.507. The van der Waals surface area contributed by atoms with Crippen molar-refractivity contribution in [1.29, 1.82) is 0 Å². The average Bonchev–Trinajstić information content (AvgIpc) is 1.65. The van der Waals surface area contributed by atoms with Gasteiger partial charge in [-0.25, -0.2) is 4.79 Å². The van der Waals surface area contributed by atoms with Gasteiger partial charge in [0, 0.05) is 0 Å². The molecule has 0 aromatic rings. The van der Waals surface area contributed by atoms with Gasteiger partial charge in [0.2, 0.25) is 0 Å². The third kappa shape index (κ3) is 2.19. The number of carbonyl (C=O) groups is 1. The summed E-state index contributed by atoms with van der Waals surface area (Å²) in [5.41, 5.74) is 0. The van der Waals surface area contributed by atoms with Crippen LogP contribution < -0.4 is 5.23 Å². The second-order valence-corrected chi connectivity index (χ2v) is 1.03. The topological polar surface area (TPSA) is 69.6 Å². The van der Waals surface area contributed by atoms with E-state index >= 15 is 0 Å². The molecule has 0 aromatic carbocycles. The molecule has 3 N–H and O–H groups in total. The zero-order valence-electron chi connectivity index (χ0n) is 3.88. The summed E-state index contributed by atoms with van der Waals surface area (Å²) >= 11 is 0. The van der Waals surface area contributed by atoms with Crippen molar-refractivity contribution in [1.82, 2.24) is 5.23 Å². The fourth-order valence-electron chi connectivity index (χ4n) is 0.123. The molecule has 5 heteroatoms. The van der Waals surface area contributed by atoms with Gasteiger partial charge in [0.25, 0.3) is 0 Å². The number of nitrogens with one attached hydrogen (secondary N) is 1. The summed E-state index contributed by atoms with van der Waals surface area (Å²) in [5.74, 6) is -1.26. The fourth-order valence-corrected chi connectivity index (χ4v) is 0.123. The maximum Gasteiger partial charge on any atom is 0.346 e. The van der Waals surface area contributed by atoms with Crippen LogP contribution in [0.1, 0.15) is 0 Å². The first-order valence-corrected chi connectivity index (χ1v) is 1.76. The predicted molar refractivity (Wildman–Crippen MR) is 25.3 cm³/mol. The van der Waals surface area contributed by atoms with Gasteiger partial charge >= 0.3 is 5.97 Å². The zero-order chi connectivity index (χ0) is 5.86. The van der Waals surface area contributed by atoms with Crippen LogP contribution >= 0.6 is 0 Å². The molecule has 4 nitrogen and oxygen atoms in total. The van der Waals surface area contributed by atoms with Crippen LogP contribution in [0.3, 0.4) is 0 Å². The van der Waals surface area contributed by atoms with Crippen LogP contribution in [0.25, 0.3) is 0 Å². The Balaban J connectivity index is 3.34. The van der Waals surface area contributed by atoms with E-state index in [9.17, 15) is 4.79 Å². The Labute approximate surface area is 41.6 Å². The highest BCUT2D eigenvalue weighted by atomic mass is 16.4. The molecule has 0 aromatic heterocycles. The molecule has 0 heterocycles. The Bertz CT molecular complexity index is 75.3. The molecule has 0 saturated heterocycles. The van der Waals surface area contributed by atoms with Gasteiger partial charge < -0.3 is 15.4 Å². The molecule has 0 radical (unpaired) electrons. The van der Waals surface area contributed by atoms with E-state index in [0.717, 1.165) is 0 Å². The van der Waals surface area contributed by atoms with Crippen molar-refractivity contribution < 1.29 is 15.0 Å². The minimum absolute atomic E-state index is 1.26. The van der Waals surface area contributed by atoms with Gasteiger partial charge in [-0.15, -0.1) is 0 Å². The minimum Gasteiger partial charge on any atom is -0.478 e. The van der Waals surface area contributed by atoms with Crippen LogP contribution in [0.2, 0.25) is 0 Å². The van der Waals surface area contributed by atoms with Crippen molar-refractivity contribution in [3.8, 4) is 0 Å². The van der Waals surface area contributed by atoms with E-state index in [0.29, 0.717) is 0 Å². The van der Waals surface area contributed by atoms with Crippen molar-refractivity contribution in [3.63, 3.8) is 0 Å². The lowest BCUT2D eigenvalue weighted by Crippen LogP contribution is -2.34. The highest BCUT2D eigenvalue weighted by molar-refractivity contribution is 6.05. The molecule has 40 valence electrons. The Morgan fingerprint density at radius 1 is 1.86 bits per heavy atom. The summed E-state index contributed by atoms with van der Waals surface area (Å²) in [6, 6.07) is 0. The van der Waals surface area contributed by atoms with Crippen molar-refractivity contribution >= 4 is 14.0 Å². The molecular weight excluding hydrogens is 96.8 g/mol. The SMILES string of the molecule is BNC(O)C(=O)O. The third-order valence-electron chi connectivity index (χ3n) is 0.507. The number of hydrogen-bond donors (Lipinski definition) is 3. The highest BCUT2D eigenvalue weighted by Crippen LogP contribution is 1.68. The van der Waals surface area contributed by atoms with Gasteiger partial charge in [-0.1, -0.05) is 0 Å². The second-order valence-electron chi connectivity index (χ2n) is 1.03. The van der Waals surface area contributed by atoms with Crippen LogP contribution in [0, 0.1) is 0 Å². The van der Waals surface area contributed by atoms with Gasteiger partial charge in [-0.3, -0.25) is 0 Å². The number of carboxylic acid groups (broad SMARTS) is 1. The van der Waals surface area contributed by atoms with E-state index < -0.39 is 12.2 Å². The van der Waals surface area contributed by atoms with E-state index in [1.807, 2.05) is 0 Å². The minimum atomic E-state index is -1.43. The lowest BCUT2D eigenvalue weighted by molar-refractivity contribution is -0.147. The fraction of sp³-hybridized carbons (Fsp3) is 0.500. The van der Waals surface area contributed by atoms with Crippen LogP contribution in [0.15, 0.2) is 0 Å². The van der Waals surface area contributed by atoms with Crippen LogP contribution in [0.5, 0.6) is 0 Å². The van der Waals surface area contributed by atoms with Crippen molar-refractivity contribution in [2.24, 2.45) is 0 Å². The monoisotopic (exact) mass is 103 g/mol. The van der Waals surface area contributed by atoms with E-state index in [1.54, 1.807) is 0 Å². The normalized spacial score (nSPS) is 13.3. The first-order valence-electron chi connectivity index (χ1n) is 1.76. The van der Waals surface area contributed by atoms with E-state index in [2.05, 4.69) is 5.23 Å². The van der Waals surface area contributed by atoms with Crippen LogP contribution in [0.4, 0.5) is 0 Å². The van der Waals surface area contributed by atoms with Crippen molar-refractivity contribution in [3.05, 3.63) is 0 Å². The number of aliphatic carboxylic acids is 1. The quantitative estimate of drug-likeness (QED) is 0.267.